The highest BCUT2D eigenvalue weighted by Gasteiger charge is 2.25. The SMILES string of the molecule is CCCC(F)C(CC)C(F)CC. The quantitative estimate of drug-likeness (QED) is 0.578. The predicted octanol–water partition coefficient (Wildman–Crippen LogP) is 3.90. The number of halogens is 2. The van der Waals surface area contributed by atoms with Gasteiger partial charge in [-0.05, 0) is 19.3 Å². The summed E-state index contributed by atoms with van der Waals surface area (Å²) in [5, 5.41) is 0. The van der Waals surface area contributed by atoms with Gasteiger partial charge >= 0.3 is 0 Å². The van der Waals surface area contributed by atoms with Crippen LogP contribution in [-0.4, -0.2) is 12.3 Å². The van der Waals surface area contributed by atoms with Gasteiger partial charge in [-0.3, -0.25) is 0 Å². The summed E-state index contributed by atoms with van der Waals surface area (Å²) < 4.78 is 26.4. The van der Waals surface area contributed by atoms with Crippen LogP contribution in [-0.2, 0) is 0 Å². The van der Waals surface area contributed by atoms with E-state index in [1.165, 1.54) is 0 Å². The van der Waals surface area contributed by atoms with Gasteiger partial charge in [0.2, 0.25) is 0 Å². The highest BCUT2D eigenvalue weighted by atomic mass is 19.1. The van der Waals surface area contributed by atoms with Crippen molar-refractivity contribution < 1.29 is 8.78 Å². The van der Waals surface area contributed by atoms with Gasteiger partial charge in [0.25, 0.3) is 0 Å². The first kappa shape index (κ1) is 11.9. The van der Waals surface area contributed by atoms with Crippen LogP contribution in [0.4, 0.5) is 8.78 Å². The van der Waals surface area contributed by atoms with E-state index in [-0.39, 0.29) is 5.92 Å². The Bertz CT molecular complexity index is 104. The summed E-state index contributed by atoms with van der Waals surface area (Å²) in [5.41, 5.74) is 0. The topological polar surface area (TPSA) is 0 Å². The molecule has 12 heavy (non-hydrogen) atoms. The van der Waals surface area contributed by atoms with Crippen molar-refractivity contribution in [2.45, 2.75) is 58.8 Å². The Morgan fingerprint density at radius 2 is 1.50 bits per heavy atom. The van der Waals surface area contributed by atoms with E-state index in [1.54, 1.807) is 6.92 Å². The summed E-state index contributed by atoms with van der Waals surface area (Å²) in [4.78, 5) is 0. The molecule has 2 heteroatoms. The fourth-order valence-electron chi connectivity index (χ4n) is 1.53. The van der Waals surface area contributed by atoms with E-state index in [4.69, 9.17) is 0 Å². The first-order valence-electron chi connectivity index (χ1n) is 4.95. The zero-order chi connectivity index (χ0) is 9.56. The predicted molar refractivity (Wildman–Crippen MR) is 48.8 cm³/mol. The third-order valence-corrected chi connectivity index (χ3v) is 2.36. The van der Waals surface area contributed by atoms with Gasteiger partial charge in [-0.15, -0.1) is 0 Å². The lowest BCUT2D eigenvalue weighted by atomic mass is 9.91. The lowest BCUT2D eigenvalue weighted by molar-refractivity contribution is 0.111. The molecule has 0 aromatic heterocycles. The molecule has 0 aromatic rings. The molecule has 3 atom stereocenters. The van der Waals surface area contributed by atoms with E-state index in [0.717, 1.165) is 6.42 Å². The van der Waals surface area contributed by atoms with Crippen LogP contribution in [0.1, 0.15) is 46.5 Å². The summed E-state index contributed by atoms with van der Waals surface area (Å²) in [6, 6.07) is 0. The molecule has 0 aliphatic heterocycles. The second kappa shape index (κ2) is 6.38. The van der Waals surface area contributed by atoms with Crippen LogP contribution < -0.4 is 0 Å². The van der Waals surface area contributed by atoms with E-state index < -0.39 is 12.3 Å². The highest BCUT2D eigenvalue weighted by molar-refractivity contribution is 4.74. The molecule has 0 saturated carbocycles. The summed E-state index contributed by atoms with van der Waals surface area (Å²) in [7, 11) is 0. The molecule has 0 heterocycles. The minimum absolute atomic E-state index is 0.380. The smallest absolute Gasteiger partial charge is 0.106 e. The molecule has 74 valence electrons. The third-order valence-electron chi connectivity index (χ3n) is 2.36. The van der Waals surface area contributed by atoms with E-state index in [0.29, 0.717) is 19.3 Å². The van der Waals surface area contributed by atoms with Gasteiger partial charge in [0.1, 0.15) is 12.3 Å². The standard InChI is InChI=1S/C10H20F2/c1-4-7-10(12)8(5-2)9(11)6-3/h8-10H,4-7H2,1-3H3. The molecule has 0 rings (SSSR count). The average Bonchev–Trinajstić information content (AvgIpc) is 2.06. The molecule has 0 aliphatic carbocycles. The van der Waals surface area contributed by atoms with Crippen LogP contribution >= 0.6 is 0 Å². The Morgan fingerprint density at radius 1 is 0.917 bits per heavy atom. The third kappa shape index (κ3) is 3.51. The summed E-state index contributed by atoms with van der Waals surface area (Å²) >= 11 is 0. The van der Waals surface area contributed by atoms with Crippen LogP contribution in [0.3, 0.4) is 0 Å². The maximum atomic E-state index is 13.3. The summed E-state index contributed by atoms with van der Waals surface area (Å²) in [6.07, 6.45) is 0.428. The van der Waals surface area contributed by atoms with Crippen molar-refractivity contribution in [1.82, 2.24) is 0 Å². The van der Waals surface area contributed by atoms with Gasteiger partial charge in [-0.1, -0.05) is 27.2 Å². The van der Waals surface area contributed by atoms with Crippen LogP contribution in [0.2, 0.25) is 0 Å². The molecule has 3 unspecified atom stereocenters. The molecular weight excluding hydrogens is 158 g/mol. The molecular formula is C10H20F2. The van der Waals surface area contributed by atoms with Crippen LogP contribution in [0.15, 0.2) is 0 Å². The minimum Gasteiger partial charge on any atom is -0.247 e. The molecule has 0 nitrogen and oxygen atoms in total. The van der Waals surface area contributed by atoms with Gasteiger partial charge in [-0.25, -0.2) is 8.78 Å². The normalized spacial score (nSPS) is 18.8. The second-order valence-corrected chi connectivity index (χ2v) is 3.30. The Morgan fingerprint density at radius 3 is 1.83 bits per heavy atom. The fraction of sp³-hybridized carbons (Fsp3) is 1.00. The molecule has 0 aliphatic rings. The van der Waals surface area contributed by atoms with E-state index >= 15 is 0 Å². The molecule has 0 aromatic carbocycles. The first-order chi connectivity index (χ1) is 5.67. The van der Waals surface area contributed by atoms with Crippen molar-refractivity contribution in [3.8, 4) is 0 Å². The van der Waals surface area contributed by atoms with Gasteiger partial charge in [0, 0.05) is 5.92 Å². The van der Waals surface area contributed by atoms with Crippen LogP contribution in [0.25, 0.3) is 0 Å². The molecule has 0 saturated heterocycles. The van der Waals surface area contributed by atoms with Crippen molar-refractivity contribution in [2.24, 2.45) is 5.92 Å². The maximum Gasteiger partial charge on any atom is 0.106 e. The largest absolute Gasteiger partial charge is 0.247 e. The molecule has 0 spiro atoms. The van der Waals surface area contributed by atoms with Gasteiger partial charge in [0.05, 0.1) is 0 Å². The zero-order valence-electron chi connectivity index (χ0n) is 8.32. The van der Waals surface area contributed by atoms with E-state index in [2.05, 4.69) is 0 Å². The Labute approximate surface area is 74.4 Å². The molecule has 0 radical (unpaired) electrons. The number of rotatable bonds is 6. The van der Waals surface area contributed by atoms with Gasteiger partial charge in [0.15, 0.2) is 0 Å². The average molecular weight is 178 g/mol. The van der Waals surface area contributed by atoms with Crippen molar-refractivity contribution >= 4 is 0 Å². The fourth-order valence-corrected chi connectivity index (χ4v) is 1.53. The minimum atomic E-state index is -0.962. The summed E-state index contributed by atoms with van der Waals surface area (Å²) in [5.74, 6) is -0.380. The van der Waals surface area contributed by atoms with Gasteiger partial charge < -0.3 is 0 Å². The number of hydrogen-bond donors (Lipinski definition) is 0. The van der Waals surface area contributed by atoms with Gasteiger partial charge in [-0.2, -0.15) is 0 Å². The Balaban J connectivity index is 3.94. The monoisotopic (exact) mass is 178 g/mol. The van der Waals surface area contributed by atoms with Crippen LogP contribution in [0.5, 0.6) is 0 Å². The van der Waals surface area contributed by atoms with E-state index in [1.807, 2.05) is 13.8 Å². The lowest BCUT2D eigenvalue weighted by Gasteiger charge is -2.21. The zero-order valence-corrected chi connectivity index (χ0v) is 8.32. The van der Waals surface area contributed by atoms with Crippen molar-refractivity contribution in [1.29, 1.82) is 0 Å². The molecule has 0 N–H and O–H groups in total. The number of hydrogen-bond acceptors (Lipinski definition) is 0. The molecule has 0 amide bonds. The number of alkyl halides is 2. The maximum absolute atomic E-state index is 13.3. The summed E-state index contributed by atoms with van der Waals surface area (Å²) in [6.45, 7) is 5.56. The second-order valence-electron chi connectivity index (χ2n) is 3.30. The van der Waals surface area contributed by atoms with E-state index in [9.17, 15) is 8.78 Å². The van der Waals surface area contributed by atoms with Crippen molar-refractivity contribution in [3.05, 3.63) is 0 Å². The first-order valence-corrected chi connectivity index (χ1v) is 4.95. The van der Waals surface area contributed by atoms with Crippen molar-refractivity contribution in [2.75, 3.05) is 0 Å². The lowest BCUT2D eigenvalue weighted by Crippen LogP contribution is -2.25. The van der Waals surface area contributed by atoms with Crippen LogP contribution in [0, 0.1) is 5.92 Å². The molecule has 0 bridgehead atoms. The Hall–Kier alpha value is -0.140. The Kier molecular flexibility index (Phi) is 6.31. The van der Waals surface area contributed by atoms with Crippen molar-refractivity contribution in [3.63, 3.8) is 0 Å². The molecule has 0 fully saturated rings. The highest BCUT2D eigenvalue weighted by Crippen LogP contribution is 2.24.